The van der Waals surface area contributed by atoms with Crippen LogP contribution >= 0.6 is 27.3 Å². The van der Waals surface area contributed by atoms with Crippen molar-refractivity contribution in [3.8, 4) is 0 Å². The van der Waals surface area contributed by atoms with Crippen molar-refractivity contribution in [2.75, 3.05) is 6.54 Å². The van der Waals surface area contributed by atoms with E-state index in [2.05, 4.69) is 26.6 Å². The number of amides is 2. The van der Waals surface area contributed by atoms with Crippen molar-refractivity contribution in [3.63, 3.8) is 0 Å². The van der Waals surface area contributed by atoms with Crippen molar-refractivity contribution in [3.05, 3.63) is 20.8 Å². The molecule has 0 aromatic carbocycles. The molecular formula is C11H15BrN2O3S. The summed E-state index contributed by atoms with van der Waals surface area (Å²) in [6.45, 7) is 2.44. The minimum Gasteiger partial charge on any atom is -0.481 e. The van der Waals surface area contributed by atoms with Gasteiger partial charge in [0.05, 0.1) is 16.2 Å². The van der Waals surface area contributed by atoms with Crippen LogP contribution in [-0.2, 0) is 11.3 Å². The van der Waals surface area contributed by atoms with Crippen LogP contribution in [0.15, 0.2) is 15.9 Å². The van der Waals surface area contributed by atoms with Crippen molar-refractivity contribution in [2.24, 2.45) is 5.92 Å². The fourth-order valence-corrected chi connectivity index (χ4v) is 2.63. The van der Waals surface area contributed by atoms with Gasteiger partial charge < -0.3 is 15.7 Å². The molecular weight excluding hydrogens is 320 g/mol. The molecule has 1 aromatic heterocycles. The Kier molecular flexibility index (Phi) is 6.14. The number of carbonyl (C=O) groups is 2. The first-order valence-electron chi connectivity index (χ1n) is 5.47. The summed E-state index contributed by atoms with van der Waals surface area (Å²) in [5.41, 5.74) is 0. The summed E-state index contributed by atoms with van der Waals surface area (Å²) in [6, 6.07) is 3.58. The highest BCUT2D eigenvalue weighted by Crippen LogP contribution is 2.21. The van der Waals surface area contributed by atoms with Crippen LogP contribution in [0.25, 0.3) is 0 Å². The summed E-state index contributed by atoms with van der Waals surface area (Å²) in [4.78, 5) is 23.0. The van der Waals surface area contributed by atoms with E-state index in [-0.39, 0.29) is 6.03 Å². The number of halogens is 1. The second-order valence-corrected chi connectivity index (χ2v) is 6.39. The van der Waals surface area contributed by atoms with Gasteiger partial charge in [-0.05, 0) is 34.5 Å². The van der Waals surface area contributed by atoms with E-state index in [1.165, 1.54) is 0 Å². The fourth-order valence-electron chi connectivity index (χ4n) is 1.20. The van der Waals surface area contributed by atoms with Crippen LogP contribution in [0.2, 0.25) is 0 Å². The number of hydrogen-bond acceptors (Lipinski definition) is 3. The maximum atomic E-state index is 11.4. The zero-order valence-electron chi connectivity index (χ0n) is 9.90. The van der Waals surface area contributed by atoms with E-state index in [1.807, 2.05) is 12.1 Å². The smallest absolute Gasteiger partial charge is 0.315 e. The van der Waals surface area contributed by atoms with Crippen molar-refractivity contribution < 1.29 is 14.7 Å². The molecule has 0 fully saturated rings. The van der Waals surface area contributed by atoms with Gasteiger partial charge in [0.1, 0.15) is 0 Å². The highest BCUT2D eigenvalue weighted by molar-refractivity contribution is 9.11. The molecule has 0 aliphatic heterocycles. The highest BCUT2D eigenvalue weighted by atomic mass is 79.9. The van der Waals surface area contributed by atoms with Crippen LogP contribution in [0.4, 0.5) is 4.79 Å². The van der Waals surface area contributed by atoms with E-state index in [0.29, 0.717) is 19.5 Å². The van der Waals surface area contributed by atoms with Gasteiger partial charge in [0.2, 0.25) is 0 Å². The van der Waals surface area contributed by atoms with Gasteiger partial charge in [-0.1, -0.05) is 6.92 Å². The Bertz CT molecular complexity index is 422. The average molecular weight is 335 g/mol. The number of carbonyl (C=O) groups excluding carboxylic acids is 1. The van der Waals surface area contributed by atoms with E-state index in [0.717, 1.165) is 8.66 Å². The Hall–Kier alpha value is -1.08. The van der Waals surface area contributed by atoms with Crippen molar-refractivity contribution >= 4 is 39.3 Å². The largest absolute Gasteiger partial charge is 0.481 e. The molecule has 1 atom stereocenters. The van der Waals surface area contributed by atoms with Gasteiger partial charge in [-0.25, -0.2) is 4.79 Å². The van der Waals surface area contributed by atoms with Crippen LogP contribution in [0.1, 0.15) is 18.2 Å². The summed E-state index contributed by atoms with van der Waals surface area (Å²) >= 11 is 4.90. The lowest BCUT2D eigenvalue weighted by Crippen LogP contribution is -2.36. The normalized spacial score (nSPS) is 11.9. The van der Waals surface area contributed by atoms with Gasteiger partial charge in [-0.2, -0.15) is 0 Å². The maximum Gasteiger partial charge on any atom is 0.315 e. The van der Waals surface area contributed by atoms with Crippen LogP contribution in [0, 0.1) is 5.92 Å². The number of carboxylic acids is 1. The molecule has 0 spiro atoms. The molecule has 0 bridgehead atoms. The van der Waals surface area contributed by atoms with Crippen LogP contribution in [0.5, 0.6) is 0 Å². The zero-order valence-corrected chi connectivity index (χ0v) is 12.3. The third kappa shape index (κ3) is 5.50. The van der Waals surface area contributed by atoms with Crippen molar-refractivity contribution in [1.29, 1.82) is 0 Å². The molecule has 1 unspecified atom stereocenters. The fraction of sp³-hybridized carbons (Fsp3) is 0.455. The van der Waals surface area contributed by atoms with E-state index in [1.54, 1.807) is 18.3 Å². The Labute approximate surface area is 118 Å². The molecule has 0 saturated heterocycles. The molecule has 0 saturated carbocycles. The number of nitrogens with one attached hydrogen (secondary N) is 2. The maximum absolute atomic E-state index is 11.4. The van der Waals surface area contributed by atoms with Gasteiger partial charge in [0, 0.05) is 11.4 Å². The molecule has 5 nitrogen and oxygen atoms in total. The molecule has 100 valence electrons. The molecule has 0 aliphatic rings. The van der Waals surface area contributed by atoms with Gasteiger partial charge in [0.25, 0.3) is 0 Å². The predicted molar refractivity (Wildman–Crippen MR) is 73.7 cm³/mol. The van der Waals surface area contributed by atoms with Gasteiger partial charge in [-0.15, -0.1) is 11.3 Å². The summed E-state index contributed by atoms with van der Waals surface area (Å²) in [5.74, 6) is -1.29. The number of carboxylic acid groups (broad SMARTS) is 1. The number of urea groups is 1. The van der Waals surface area contributed by atoms with E-state index < -0.39 is 11.9 Å². The zero-order chi connectivity index (χ0) is 13.5. The average Bonchev–Trinajstić information content (AvgIpc) is 2.72. The highest BCUT2D eigenvalue weighted by Gasteiger charge is 2.10. The Morgan fingerprint density at radius 3 is 2.72 bits per heavy atom. The molecule has 1 rings (SSSR count). The van der Waals surface area contributed by atoms with Crippen LogP contribution in [-0.4, -0.2) is 23.7 Å². The lowest BCUT2D eigenvalue weighted by molar-refractivity contribution is -0.141. The SMILES string of the molecule is CC(CCNC(=O)NCc1ccc(Br)s1)C(=O)O. The number of aliphatic carboxylic acids is 1. The van der Waals surface area contributed by atoms with Gasteiger partial charge in [0.15, 0.2) is 0 Å². The summed E-state index contributed by atoms with van der Waals surface area (Å²) in [5, 5.41) is 14.0. The minimum atomic E-state index is -0.847. The third-order valence-corrected chi connectivity index (χ3v) is 3.96. The summed E-state index contributed by atoms with van der Waals surface area (Å²) in [7, 11) is 0. The summed E-state index contributed by atoms with van der Waals surface area (Å²) < 4.78 is 1.02. The third-order valence-electron chi connectivity index (χ3n) is 2.34. The number of rotatable bonds is 6. The van der Waals surface area contributed by atoms with E-state index in [9.17, 15) is 9.59 Å². The van der Waals surface area contributed by atoms with Crippen molar-refractivity contribution in [1.82, 2.24) is 10.6 Å². The Balaban J connectivity index is 2.16. The van der Waals surface area contributed by atoms with Crippen molar-refractivity contribution in [2.45, 2.75) is 19.9 Å². The lowest BCUT2D eigenvalue weighted by Gasteiger charge is -2.08. The second kappa shape index (κ2) is 7.38. The van der Waals surface area contributed by atoms with Gasteiger partial charge >= 0.3 is 12.0 Å². The van der Waals surface area contributed by atoms with Gasteiger partial charge in [-0.3, -0.25) is 4.79 Å². The Morgan fingerprint density at radius 1 is 1.44 bits per heavy atom. The molecule has 2 amide bonds. The number of thiophene rings is 1. The Morgan fingerprint density at radius 2 is 2.17 bits per heavy atom. The standard InChI is InChI=1S/C11H15BrN2O3S/c1-7(10(15)16)4-5-13-11(17)14-6-8-2-3-9(12)18-8/h2-3,7H,4-6H2,1H3,(H,15,16)(H2,13,14,17). The van der Waals surface area contributed by atoms with Crippen LogP contribution in [0.3, 0.4) is 0 Å². The van der Waals surface area contributed by atoms with Crippen LogP contribution < -0.4 is 10.6 Å². The first kappa shape index (κ1) is 15.0. The lowest BCUT2D eigenvalue weighted by atomic mass is 10.1. The molecule has 18 heavy (non-hydrogen) atoms. The number of hydrogen-bond donors (Lipinski definition) is 3. The second-order valence-electron chi connectivity index (χ2n) is 3.84. The first-order valence-corrected chi connectivity index (χ1v) is 7.08. The minimum absolute atomic E-state index is 0.280. The molecule has 3 N–H and O–H groups in total. The quantitative estimate of drug-likeness (QED) is 0.747. The van der Waals surface area contributed by atoms with E-state index >= 15 is 0 Å². The topological polar surface area (TPSA) is 78.4 Å². The first-order chi connectivity index (χ1) is 8.49. The molecule has 1 heterocycles. The molecule has 0 radical (unpaired) electrons. The molecule has 1 aromatic rings. The monoisotopic (exact) mass is 334 g/mol. The van der Waals surface area contributed by atoms with E-state index in [4.69, 9.17) is 5.11 Å². The molecule has 7 heteroatoms. The summed E-state index contributed by atoms with van der Waals surface area (Å²) in [6.07, 6.45) is 0.424. The molecule has 0 aliphatic carbocycles. The predicted octanol–water partition coefficient (Wildman–Crippen LogP) is 2.42.